The summed E-state index contributed by atoms with van der Waals surface area (Å²) in [4.78, 5) is 16.2. The van der Waals surface area contributed by atoms with Crippen LogP contribution in [-0.4, -0.2) is 28.8 Å². The third-order valence-corrected chi connectivity index (χ3v) is 4.23. The lowest BCUT2D eigenvalue weighted by Crippen LogP contribution is -2.46. The Morgan fingerprint density at radius 1 is 1.55 bits per heavy atom. The minimum absolute atomic E-state index is 0.155. The Balaban J connectivity index is 1.79. The van der Waals surface area contributed by atoms with Gasteiger partial charge in [-0.3, -0.25) is 0 Å². The number of urea groups is 1. The Hall–Kier alpha value is -1.63. The molecular formula is C15H26N4O3. The molecule has 0 radical (unpaired) electrons. The number of rotatable bonds is 6. The first-order chi connectivity index (χ1) is 10.4. The molecule has 0 aromatic carbocycles. The fraction of sp³-hybridized carbons (Fsp3) is 0.800. The van der Waals surface area contributed by atoms with Crippen LogP contribution < -0.4 is 10.6 Å². The largest absolute Gasteiger partial charge is 0.371 e. The molecule has 1 saturated carbocycles. The van der Waals surface area contributed by atoms with E-state index in [9.17, 15) is 4.79 Å². The van der Waals surface area contributed by atoms with Gasteiger partial charge in [0.05, 0.1) is 6.54 Å². The van der Waals surface area contributed by atoms with Crippen molar-refractivity contribution >= 4 is 6.03 Å². The quantitative estimate of drug-likeness (QED) is 0.843. The molecule has 2 rings (SSSR count). The molecule has 124 valence electrons. The second kappa shape index (κ2) is 7.09. The number of hydrogen-bond acceptors (Lipinski definition) is 5. The zero-order chi connectivity index (χ0) is 16.2. The Morgan fingerprint density at radius 2 is 2.32 bits per heavy atom. The molecule has 0 spiro atoms. The topological polar surface area (TPSA) is 89.3 Å². The van der Waals surface area contributed by atoms with Gasteiger partial charge in [0.1, 0.15) is 6.10 Å². The monoisotopic (exact) mass is 310 g/mol. The average Bonchev–Trinajstić information content (AvgIpc) is 3.04. The molecule has 2 atom stereocenters. The lowest BCUT2D eigenvalue weighted by Gasteiger charge is -2.27. The number of aromatic nitrogens is 2. The summed E-state index contributed by atoms with van der Waals surface area (Å²) in [6.07, 6.45) is 3.10. The van der Waals surface area contributed by atoms with Gasteiger partial charge < -0.3 is 19.9 Å². The van der Waals surface area contributed by atoms with Gasteiger partial charge in [0, 0.05) is 12.6 Å². The third kappa shape index (κ3) is 4.19. The van der Waals surface area contributed by atoms with Crippen molar-refractivity contribution in [3.8, 4) is 0 Å². The van der Waals surface area contributed by atoms with Gasteiger partial charge in [-0.05, 0) is 32.1 Å². The van der Waals surface area contributed by atoms with Crippen LogP contribution in [0.5, 0.6) is 0 Å². The zero-order valence-electron chi connectivity index (χ0n) is 13.8. The highest BCUT2D eigenvalue weighted by molar-refractivity contribution is 5.74. The molecule has 2 N–H and O–H groups in total. The van der Waals surface area contributed by atoms with E-state index in [1.165, 1.54) is 0 Å². The summed E-state index contributed by atoms with van der Waals surface area (Å²) in [5.74, 6) is 0.873. The minimum atomic E-state index is -0.212. The highest BCUT2D eigenvalue weighted by atomic mass is 16.5. The van der Waals surface area contributed by atoms with E-state index in [0.717, 1.165) is 19.3 Å². The van der Waals surface area contributed by atoms with Crippen LogP contribution in [0.15, 0.2) is 4.52 Å². The first-order valence-electron chi connectivity index (χ1n) is 7.91. The molecule has 1 aliphatic rings. The lowest BCUT2D eigenvalue weighted by atomic mass is 9.87. The van der Waals surface area contributed by atoms with Crippen molar-refractivity contribution in [1.29, 1.82) is 0 Å². The molecule has 1 aromatic heterocycles. The van der Waals surface area contributed by atoms with Gasteiger partial charge in [0.2, 0.25) is 5.89 Å². The van der Waals surface area contributed by atoms with Crippen molar-refractivity contribution in [2.45, 2.75) is 65.6 Å². The molecule has 0 aliphatic heterocycles. The van der Waals surface area contributed by atoms with Gasteiger partial charge in [-0.1, -0.05) is 25.4 Å². The Labute approximate surface area is 131 Å². The number of nitrogens with one attached hydrogen (secondary N) is 2. The lowest BCUT2D eigenvalue weighted by molar-refractivity contribution is 0.0683. The molecular weight excluding hydrogens is 284 g/mol. The normalized spacial score (nSPS) is 21.5. The van der Waals surface area contributed by atoms with E-state index < -0.39 is 0 Å². The van der Waals surface area contributed by atoms with E-state index in [1.807, 2.05) is 13.8 Å². The van der Waals surface area contributed by atoms with Crippen molar-refractivity contribution in [1.82, 2.24) is 20.8 Å². The van der Waals surface area contributed by atoms with Gasteiger partial charge in [0.15, 0.2) is 5.82 Å². The van der Waals surface area contributed by atoms with Crippen LogP contribution >= 0.6 is 0 Å². The number of carbonyl (C=O) groups excluding carboxylic acids is 1. The Bertz CT molecular complexity index is 501. The van der Waals surface area contributed by atoms with Crippen LogP contribution in [0, 0.1) is 5.41 Å². The number of carbonyl (C=O) groups is 1. The molecule has 0 unspecified atom stereocenters. The number of hydrogen-bond donors (Lipinski definition) is 2. The predicted octanol–water partition coefficient (Wildman–Crippen LogP) is 2.55. The van der Waals surface area contributed by atoms with E-state index >= 15 is 0 Å². The van der Waals surface area contributed by atoms with Crippen LogP contribution in [0.3, 0.4) is 0 Å². The first-order valence-corrected chi connectivity index (χ1v) is 7.91. The fourth-order valence-electron chi connectivity index (χ4n) is 2.79. The van der Waals surface area contributed by atoms with Gasteiger partial charge in [-0.15, -0.1) is 0 Å². The molecule has 2 amide bonds. The first kappa shape index (κ1) is 16.7. The molecule has 7 heteroatoms. The summed E-state index contributed by atoms with van der Waals surface area (Å²) in [5, 5.41) is 9.64. The number of amides is 2. The van der Waals surface area contributed by atoms with Crippen LogP contribution in [0.25, 0.3) is 0 Å². The summed E-state index contributed by atoms with van der Waals surface area (Å²) < 4.78 is 10.5. The van der Waals surface area contributed by atoms with Crippen LogP contribution in [-0.2, 0) is 11.3 Å². The van der Waals surface area contributed by atoms with Gasteiger partial charge in [0.25, 0.3) is 0 Å². The standard InChI is InChI=1S/C15H26N4O3/c1-5-21-10(2)13-18-12(22-19-13)9-16-14(20)17-11-7-6-8-15(11,3)4/h10-11H,5-9H2,1-4H3,(H2,16,17,20)/t10-,11-/m1/s1. The van der Waals surface area contributed by atoms with Gasteiger partial charge in [-0.2, -0.15) is 4.98 Å². The summed E-state index contributed by atoms with van der Waals surface area (Å²) in [6.45, 7) is 8.94. The Morgan fingerprint density at radius 3 is 2.95 bits per heavy atom. The van der Waals surface area contributed by atoms with E-state index in [0.29, 0.717) is 18.3 Å². The van der Waals surface area contributed by atoms with Crippen molar-refractivity contribution in [3.05, 3.63) is 11.7 Å². The molecule has 1 aromatic rings. The van der Waals surface area contributed by atoms with Crippen molar-refractivity contribution in [2.75, 3.05) is 6.61 Å². The SMILES string of the molecule is CCO[C@H](C)c1noc(CNC(=O)N[C@@H]2CCCC2(C)C)n1. The highest BCUT2D eigenvalue weighted by Gasteiger charge is 2.35. The van der Waals surface area contributed by atoms with Crippen LogP contribution in [0.2, 0.25) is 0 Å². The van der Waals surface area contributed by atoms with Crippen molar-refractivity contribution in [3.63, 3.8) is 0 Å². The molecule has 0 saturated heterocycles. The highest BCUT2D eigenvalue weighted by Crippen LogP contribution is 2.37. The second-order valence-corrected chi connectivity index (χ2v) is 6.40. The molecule has 1 aliphatic carbocycles. The summed E-state index contributed by atoms with van der Waals surface area (Å²) in [7, 11) is 0. The zero-order valence-corrected chi connectivity index (χ0v) is 13.8. The summed E-state index contributed by atoms with van der Waals surface area (Å²) >= 11 is 0. The van der Waals surface area contributed by atoms with E-state index in [1.54, 1.807) is 0 Å². The maximum absolute atomic E-state index is 12.0. The van der Waals surface area contributed by atoms with E-state index in [2.05, 4.69) is 34.6 Å². The molecule has 1 fully saturated rings. The minimum Gasteiger partial charge on any atom is -0.371 e. The van der Waals surface area contributed by atoms with Crippen molar-refractivity contribution < 1.29 is 14.1 Å². The predicted molar refractivity (Wildman–Crippen MR) is 81.1 cm³/mol. The Kier molecular flexibility index (Phi) is 5.39. The molecule has 22 heavy (non-hydrogen) atoms. The average molecular weight is 310 g/mol. The van der Waals surface area contributed by atoms with E-state index in [-0.39, 0.29) is 30.1 Å². The van der Waals surface area contributed by atoms with Gasteiger partial charge >= 0.3 is 6.03 Å². The number of nitrogens with zero attached hydrogens (tertiary/aromatic N) is 2. The van der Waals surface area contributed by atoms with Crippen LogP contribution in [0.1, 0.15) is 64.8 Å². The summed E-state index contributed by atoms with van der Waals surface area (Å²) in [5.41, 5.74) is 0.155. The summed E-state index contributed by atoms with van der Waals surface area (Å²) in [6, 6.07) is 0.0151. The molecule has 1 heterocycles. The molecule has 7 nitrogen and oxygen atoms in total. The van der Waals surface area contributed by atoms with Crippen molar-refractivity contribution in [2.24, 2.45) is 5.41 Å². The van der Waals surface area contributed by atoms with Gasteiger partial charge in [-0.25, -0.2) is 4.79 Å². The maximum atomic E-state index is 12.0. The number of ether oxygens (including phenoxy) is 1. The van der Waals surface area contributed by atoms with E-state index in [4.69, 9.17) is 9.26 Å². The molecule has 0 bridgehead atoms. The fourth-order valence-corrected chi connectivity index (χ4v) is 2.79. The maximum Gasteiger partial charge on any atom is 0.315 e. The second-order valence-electron chi connectivity index (χ2n) is 6.40. The van der Waals surface area contributed by atoms with Crippen LogP contribution in [0.4, 0.5) is 4.79 Å². The smallest absolute Gasteiger partial charge is 0.315 e. The third-order valence-electron chi connectivity index (χ3n) is 4.23.